The summed E-state index contributed by atoms with van der Waals surface area (Å²) in [6.07, 6.45) is 6.05. The summed E-state index contributed by atoms with van der Waals surface area (Å²) < 4.78 is 4.86. The van der Waals surface area contributed by atoms with Gasteiger partial charge in [-0.1, -0.05) is 31.2 Å². The zero-order chi connectivity index (χ0) is 11.0. The average Bonchev–Trinajstić information content (AvgIpc) is 2.02. The lowest BCUT2D eigenvalue weighted by molar-refractivity contribution is -0.141. The molecule has 0 saturated carbocycles. The molecule has 0 aliphatic heterocycles. The second-order valence-corrected chi connectivity index (χ2v) is 3.72. The maximum Gasteiger partial charge on any atom is 0.302 e. The summed E-state index contributed by atoms with van der Waals surface area (Å²) in [7, 11) is 0. The number of rotatable bonds is 6. The molecule has 0 amide bonds. The van der Waals surface area contributed by atoms with Gasteiger partial charge in [-0.05, 0) is 25.7 Å². The first kappa shape index (κ1) is 12.9. The Morgan fingerprint density at radius 2 is 2.14 bits per heavy atom. The average molecular weight is 196 g/mol. The summed E-state index contributed by atoms with van der Waals surface area (Å²) in [6, 6.07) is 0. The van der Waals surface area contributed by atoms with E-state index in [0.717, 1.165) is 18.4 Å². The smallest absolute Gasteiger partial charge is 0.302 e. The van der Waals surface area contributed by atoms with E-state index in [9.17, 15) is 4.79 Å². The lowest BCUT2D eigenvalue weighted by atomic mass is 10.0. The monoisotopic (exact) mass is 196 g/mol. The predicted molar refractivity (Wildman–Crippen MR) is 59.0 cm³/mol. The van der Waals surface area contributed by atoms with Crippen molar-refractivity contribution in [3.63, 3.8) is 0 Å². The van der Waals surface area contributed by atoms with Gasteiger partial charge in [0.25, 0.3) is 0 Å². The Bertz CT molecular complexity index is 216. The van der Waals surface area contributed by atoms with Gasteiger partial charge in [0.2, 0.25) is 0 Å². The topological polar surface area (TPSA) is 26.3 Å². The molecule has 0 unspecified atom stereocenters. The van der Waals surface area contributed by atoms with Crippen LogP contribution in [0, 0.1) is 5.92 Å². The maximum atomic E-state index is 10.5. The van der Waals surface area contributed by atoms with Crippen molar-refractivity contribution in [1.29, 1.82) is 0 Å². The van der Waals surface area contributed by atoms with Gasteiger partial charge in [-0.25, -0.2) is 0 Å². The molecule has 0 radical (unpaired) electrons. The number of hydrogen-bond donors (Lipinski definition) is 0. The molecule has 0 N–H and O–H groups in total. The standard InChI is InChI=1S/C12H20O2/c1-10(2)6-5-7-11(3)8-9-14-12(4)13/h5-6,11H,1,7-9H2,2-4H3/b6-5+/t11-/m1/s1. The molecule has 1 atom stereocenters. The summed E-state index contributed by atoms with van der Waals surface area (Å²) in [4.78, 5) is 10.5. The lowest BCUT2D eigenvalue weighted by Crippen LogP contribution is -2.04. The van der Waals surface area contributed by atoms with E-state index in [0.29, 0.717) is 12.5 Å². The molecule has 0 aromatic carbocycles. The zero-order valence-electron chi connectivity index (χ0n) is 9.38. The minimum Gasteiger partial charge on any atom is -0.466 e. The lowest BCUT2D eigenvalue weighted by Gasteiger charge is -2.07. The molecular weight excluding hydrogens is 176 g/mol. The van der Waals surface area contributed by atoms with E-state index >= 15 is 0 Å². The van der Waals surface area contributed by atoms with Crippen molar-refractivity contribution < 1.29 is 9.53 Å². The molecule has 80 valence electrons. The second kappa shape index (κ2) is 7.36. The Hall–Kier alpha value is -1.05. The van der Waals surface area contributed by atoms with E-state index in [1.165, 1.54) is 6.92 Å². The van der Waals surface area contributed by atoms with Crippen LogP contribution in [0.2, 0.25) is 0 Å². The minimum atomic E-state index is -0.199. The van der Waals surface area contributed by atoms with E-state index in [-0.39, 0.29) is 5.97 Å². The van der Waals surface area contributed by atoms with Crippen molar-refractivity contribution in [2.24, 2.45) is 5.92 Å². The first-order valence-corrected chi connectivity index (χ1v) is 4.97. The van der Waals surface area contributed by atoms with Crippen LogP contribution in [-0.4, -0.2) is 12.6 Å². The normalized spacial score (nSPS) is 12.8. The Morgan fingerprint density at radius 3 is 2.64 bits per heavy atom. The molecule has 0 heterocycles. The van der Waals surface area contributed by atoms with Crippen molar-refractivity contribution in [2.75, 3.05) is 6.61 Å². The van der Waals surface area contributed by atoms with Crippen molar-refractivity contribution in [2.45, 2.75) is 33.6 Å². The fraction of sp³-hybridized carbons (Fsp3) is 0.583. The van der Waals surface area contributed by atoms with Gasteiger partial charge in [-0.3, -0.25) is 4.79 Å². The Morgan fingerprint density at radius 1 is 1.50 bits per heavy atom. The van der Waals surface area contributed by atoms with Crippen LogP contribution >= 0.6 is 0 Å². The molecule has 0 fully saturated rings. The van der Waals surface area contributed by atoms with E-state index in [1.807, 2.05) is 13.0 Å². The quantitative estimate of drug-likeness (QED) is 0.482. The third-order valence-corrected chi connectivity index (χ3v) is 1.86. The highest BCUT2D eigenvalue weighted by Crippen LogP contribution is 2.09. The van der Waals surface area contributed by atoms with Gasteiger partial charge in [-0.2, -0.15) is 0 Å². The fourth-order valence-electron chi connectivity index (χ4n) is 1.02. The number of carbonyl (C=O) groups excluding carboxylic acids is 1. The van der Waals surface area contributed by atoms with Gasteiger partial charge < -0.3 is 4.74 Å². The van der Waals surface area contributed by atoms with E-state index < -0.39 is 0 Å². The van der Waals surface area contributed by atoms with Crippen LogP contribution in [0.15, 0.2) is 24.3 Å². The first-order chi connectivity index (χ1) is 6.52. The molecular formula is C12H20O2. The minimum absolute atomic E-state index is 0.199. The number of carbonyl (C=O) groups is 1. The van der Waals surface area contributed by atoms with Crippen molar-refractivity contribution in [1.82, 2.24) is 0 Å². The molecule has 14 heavy (non-hydrogen) atoms. The number of hydrogen-bond acceptors (Lipinski definition) is 2. The summed E-state index contributed by atoms with van der Waals surface area (Å²) in [5.74, 6) is 0.347. The summed E-state index contributed by atoms with van der Waals surface area (Å²) >= 11 is 0. The molecule has 0 saturated heterocycles. The Kier molecular flexibility index (Phi) is 6.81. The van der Waals surface area contributed by atoms with Gasteiger partial charge in [0.1, 0.15) is 0 Å². The van der Waals surface area contributed by atoms with Crippen LogP contribution in [0.3, 0.4) is 0 Å². The first-order valence-electron chi connectivity index (χ1n) is 4.97. The third-order valence-electron chi connectivity index (χ3n) is 1.86. The highest BCUT2D eigenvalue weighted by Gasteiger charge is 2.00. The molecule has 0 rings (SSSR count). The van der Waals surface area contributed by atoms with Crippen LogP contribution in [0.1, 0.15) is 33.6 Å². The SMILES string of the molecule is C=C(C)/C=C/C[C@@H](C)CCOC(C)=O. The Labute approximate surface area is 86.6 Å². The molecule has 0 aliphatic carbocycles. The number of allylic oxidation sites excluding steroid dienone is 3. The fourth-order valence-corrected chi connectivity index (χ4v) is 1.02. The molecule has 0 aromatic rings. The molecule has 0 aromatic heterocycles. The molecule has 2 heteroatoms. The van der Waals surface area contributed by atoms with Crippen molar-refractivity contribution in [3.05, 3.63) is 24.3 Å². The molecule has 2 nitrogen and oxygen atoms in total. The van der Waals surface area contributed by atoms with Gasteiger partial charge in [-0.15, -0.1) is 0 Å². The summed E-state index contributed by atoms with van der Waals surface area (Å²) in [5.41, 5.74) is 1.07. The predicted octanol–water partition coefficient (Wildman–Crippen LogP) is 3.10. The zero-order valence-corrected chi connectivity index (χ0v) is 9.38. The molecule has 0 spiro atoms. The second-order valence-electron chi connectivity index (χ2n) is 3.72. The highest BCUT2D eigenvalue weighted by molar-refractivity contribution is 5.65. The van der Waals surface area contributed by atoms with Crippen LogP contribution in [-0.2, 0) is 9.53 Å². The van der Waals surface area contributed by atoms with E-state index in [4.69, 9.17) is 4.74 Å². The Balaban J connectivity index is 3.50. The van der Waals surface area contributed by atoms with Gasteiger partial charge in [0.15, 0.2) is 0 Å². The summed E-state index contributed by atoms with van der Waals surface area (Å²) in [5, 5.41) is 0. The van der Waals surface area contributed by atoms with Gasteiger partial charge in [0, 0.05) is 6.92 Å². The number of esters is 1. The van der Waals surface area contributed by atoms with Gasteiger partial charge in [0.05, 0.1) is 6.61 Å². The number of ether oxygens (including phenoxy) is 1. The van der Waals surface area contributed by atoms with Crippen LogP contribution < -0.4 is 0 Å². The highest BCUT2D eigenvalue weighted by atomic mass is 16.5. The largest absolute Gasteiger partial charge is 0.466 e. The third kappa shape index (κ3) is 9.04. The molecule has 0 aliphatic rings. The van der Waals surface area contributed by atoms with E-state index in [2.05, 4.69) is 19.6 Å². The summed E-state index contributed by atoms with van der Waals surface area (Å²) in [6.45, 7) is 9.86. The maximum absolute atomic E-state index is 10.5. The van der Waals surface area contributed by atoms with E-state index in [1.54, 1.807) is 0 Å². The van der Waals surface area contributed by atoms with Crippen LogP contribution in [0.4, 0.5) is 0 Å². The van der Waals surface area contributed by atoms with Crippen LogP contribution in [0.25, 0.3) is 0 Å². The van der Waals surface area contributed by atoms with Crippen molar-refractivity contribution >= 4 is 5.97 Å². The van der Waals surface area contributed by atoms with Crippen molar-refractivity contribution in [3.8, 4) is 0 Å². The van der Waals surface area contributed by atoms with Crippen LogP contribution in [0.5, 0.6) is 0 Å². The van der Waals surface area contributed by atoms with Gasteiger partial charge >= 0.3 is 5.97 Å². The molecule has 0 bridgehead atoms.